The van der Waals surface area contributed by atoms with Crippen molar-refractivity contribution in [2.45, 2.75) is 19.9 Å². The second kappa shape index (κ2) is 8.45. The van der Waals surface area contributed by atoms with Gasteiger partial charge in [-0.05, 0) is 18.6 Å². The molecule has 0 unspecified atom stereocenters. The van der Waals surface area contributed by atoms with Gasteiger partial charge in [0.2, 0.25) is 0 Å². The molecule has 0 atom stereocenters. The molecule has 0 spiro atoms. The molecule has 0 aromatic carbocycles. The van der Waals surface area contributed by atoms with Crippen molar-refractivity contribution in [2.75, 3.05) is 38.1 Å². The molecule has 3 aromatic heterocycles. The molecule has 0 saturated carbocycles. The molecule has 2 N–H and O–H groups in total. The number of carbonyl (C=O) groups excluding carboxylic acids is 1. The first kappa shape index (κ1) is 20.4. The summed E-state index contributed by atoms with van der Waals surface area (Å²) in [5, 5.41) is 7.49. The third-order valence-corrected chi connectivity index (χ3v) is 5.64. The van der Waals surface area contributed by atoms with Gasteiger partial charge in [0.05, 0.1) is 11.4 Å². The Labute approximate surface area is 178 Å². The van der Waals surface area contributed by atoms with E-state index in [0.717, 1.165) is 43.1 Å². The summed E-state index contributed by atoms with van der Waals surface area (Å²) < 4.78 is 1.74. The second-order valence-electron chi connectivity index (χ2n) is 7.28. The highest BCUT2D eigenvalue weighted by Crippen LogP contribution is 2.25. The minimum atomic E-state index is -0.256. The smallest absolute Gasteiger partial charge is 0.269 e. The number of aryl methyl sites for hydroxylation is 1. The van der Waals surface area contributed by atoms with Gasteiger partial charge in [-0.15, -0.1) is 0 Å². The van der Waals surface area contributed by atoms with Crippen molar-refractivity contribution >= 4 is 28.8 Å². The van der Waals surface area contributed by atoms with Crippen molar-refractivity contribution in [3.63, 3.8) is 0 Å². The summed E-state index contributed by atoms with van der Waals surface area (Å²) in [6.45, 7) is 5.95. The zero-order chi connectivity index (χ0) is 21.3. The number of piperazine rings is 1. The van der Waals surface area contributed by atoms with Crippen molar-refractivity contribution in [3.05, 3.63) is 56.9 Å². The summed E-state index contributed by atoms with van der Waals surface area (Å²) >= 11 is 6.32. The molecule has 10 heteroatoms. The van der Waals surface area contributed by atoms with Gasteiger partial charge in [0, 0.05) is 57.6 Å². The summed E-state index contributed by atoms with van der Waals surface area (Å²) in [4.78, 5) is 35.3. The maximum absolute atomic E-state index is 12.0. The Morgan fingerprint density at radius 2 is 2.03 bits per heavy atom. The first-order valence-electron chi connectivity index (χ1n) is 9.95. The van der Waals surface area contributed by atoms with Gasteiger partial charge in [-0.25, -0.2) is 9.50 Å². The number of anilines is 1. The first-order valence-corrected chi connectivity index (χ1v) is 10.3. The van der Waals surface area contributed by atoms with E-state index >= 15 is 0 Å². The molecule has 4 heterocycles. The van der Waals surface area contributed by atoms with Gasteiger partial charge >= 0.3 is 0 Å². The van der Waals surface area contributed by atoms with E-state index in [1.165, 1.54) is 0 Å². The molecule has 3 aromatic rings. The highest BCUT2D eigenvalue weighted by atomic mass is 35.5. The molecule has 1 aliphatic rings. The number of nitrogens with one attached hydrogen (secondary N) is 2. The average molecular weight is 430 g/mol. The van der Waals surface area contributed by atoms with Crippen LogP contribution in [0.25, 0.3) is 5.65 Å². The molecule has 4 rings (SSSR count). The van der Waals surface area contributed by atoms with Crippen molar-refractivity contribution in [2.24, 2.45) is 0 Å². The Kier molecular flexibility index (Phi) is 5.74. The SMILES string of the molecule is CCc1cn2nc(CN3CCN(c4ccc(C(=O)NC)nc4Cl)CC3)cc2[nH]c1=O. The molecule has 30 heavy (non-hydrogen) atoms. The number of fused-ring (bicyclic) bond motifs is 1. The average Bonchev–Trinajstić information content (AvgIpc) is 3.14. The number of hydrogen-bond acceptors (Lipinski definition) is 6. The number of pyridine rings is 1. The van der Waals surface area contributed by atoms with Crippen molar-refractivity contribution in [3.8, 4) is 0 Å². The van der Waals surface area contributed by atoms with Crippen LogP contribution in [0, 0.1) is 0 Å². The number of H-pyrrole nitrogens is 1. The van der Waals surface area contributed by atoms with Crippen LogP contribution in [-0.4, -0.2) is 63.6 Å². The number of aromatic amines is 1. The highest BCUT2D eigenvalue weighted by molar-refractivity contribution is 6.32. The number of nitrogens with zero attached hydrogens (tertiary/aromatic N) is 5. The van der Waals surface area contributed by atoms with Crippen molar-refractivity contribution < 1.29 is 4.79 Å². The molecular weight excluding hydrogens is 406 g/mol. The molecule has 9 nitrogen and oxygen atoms in total. The number of halogens is 1. The highest BCUT2D eigenvalue weighted by Gasteiger charge is 2.21. The third kappa shape index (κ3) is 4.03. The van der Waals surface area contributed by atoms with Crippen LogP contribution in [0.15, 0.2) is 29.2 Å². The molecule has 0 aliphatic carbocycles. The fraction of sp³-hybridized carbons (Fsp3) is 0.400. The van der Waals surface area contributed by atoms with Crippen LogP contribution in [-0.2, 0) is 13.0 Å². The van der Waals surface area contributed by atoms with Gasteiger partial charge in [0.25, 0.3) is 11.5 Å². The number of rotatable bonds is 5. The zero-order valence-electron chi connectivity index (χ0n) is 17.0. The van der Waals surface area contributed by atoms with Crippen LogP contribution in [0.2, 0.25) is 5.15 Å². The van der Waals surface area contributed by atoms with E-state index in [4.69, 9.17) is 11.6 Å². The lowest BCUT2D eigenvalue weighted by molar-refractivity contribution is 0.0958. The van der Waals surface area contributed by atoms with Gasteiger partial charge in [0.1, 0.15) is 11.3 Å². The van der Waals surface area contributed by atoms with Gasteiger partial charge in [-0.3, -0.25) is 14.5 Å². The third-order valence-electron chi connectivity index (χ3n) is 5.37. The summed E-state index contributed by atoms with van der Waals surface area (Å²) in [6, 6.07) is 5.46. The summed E-state index contributed by atoms with van der Waals surface area (Å²) in [7, 11) is 1.56. The van der Waals surface area contributed by atoms with Crippen LogP contribution >= 0.6 is 11.6 Å². The van der Waals surface area contributed by atoms with E-state index in [-0.39, 0.29) is 11.5 Å². The lowest BCUT2D eigenvalue weighted by Gasteiger charge is -2.35. The van der Waals surface area contributed by atoms with Crippen LogP contribution in [0.3, 0.4) is 0 Å². The number of carbonyl (C=O) groups is 1. The predicted octanol–water partition coefficient (Wildman–Crippen LogP) is 1.32. The molecule has 1 saturated heterocycles. The van der Waals surface area contributed by atoms with E-state index in [2.05, 4.69) is 30.2 Å². The lowest BCUT2D eigenvalue weighted by Crippen LogP contribution is -2.46. The summed E-state index contributed by atoms with van der Waals surface area (Å²) in [5.74, 6) is -0.256. The van der Waals surface area contributed by atoms with E-state index in [0.29, 0.717) is 29.5 Å². The van der Waals surface area contributed by atoms with Gasteiger partial charge in [-0.1, -0.05) is 18.5 Å². The molecule has 1 fully saturated rings. The summed E-state index contributed by atoms with van der Waals surface area (Å²) in [6.07, 6.45) is 2.47. The zero-order valence-corrected chi connectivity index (χ0v) is 17.7. The van der Waals surface area contributed by atoms with Crippen molar-refractivity contribution in [1.29, 1.82) is 0 Å². The fourth-order valence-electron chi connectivity index (χ4n) is 3.66. The molecule has 1 amide bonds. The molecule has 158 valence electrons. The van der Waals surface area contributed by atoms with E-state index < -0.39 is 0 Å². The number of hydrogen-bond donors (Lipinski definition) is 2. The predicted molar refractivity (Wildman–Crippen MR) is 115 cm³/mol. The lowest BCUT2D eigenvalue weighted by atomic mass is 10.2. The number of aromatic nitrogens is 4. The second-order valence-corrected chi connectivity index (χ2v) is 7.63. The van der Waals surface area contributed by atoms with Crippen molar-refractivity contribution in [1.82, 2.24) is 29.8 Å². The maximum atomic E-state index is 12.0. The topological polar surface area (TPSA) is 98.6 Å². The minimum Gasteiger partial charge on any atom is -0.366 e. The molecular formula is C20H24ClN7O2. The standard InChI is InChI=1S/C20H24ClN7O2/c1-3-13-11-28-17(24-19(13)29)10-14(25-28)12-26-6-8-27(9-7-26)16-5-4-15(20(30)22-2)23-18(16)21/h4-5,10-11H,3,6-9,12H2,1-2H3,(H,22,30)(H,24,29). The van der Waals surface area contributed by atoms with E-state index in [1.807, 2.05) is 19.1 Å². The van der Waals surface area contributed by atoms with Crippen LogP contribution in [0.4, 0.5) is 5.69 Å². The first-order chi connectivity index (χ1) is 14.5. The Balaban J connectivity index is 1.41. The Morgan fingerprint density at radius 3 is 2.70 bits per heavy atom. The van der Waals surface area contributed by atoms with E-state index in [9.17, 15) is 9.59 Å². The molecule has 0 bridgehead atoms. The largest absolute Gasteiger partial charge is 0.366 e. The van der Waals surface area contributed by atoms with Crippen LogP contribution in [0.5, 0.6) is 0 Å². The maximum Gasteiger partial charge on any atom is 0.269 e. The van der Waals surface area contributed by atoms with E-state index in [1.54, 1.807) is 23.8 Å². The van der Waals surface area contributed by atoms with Crippen LogP contribution in [0.1, 0.15) is 28.7 Å². The van der Waals surface area contributed by atoms with Gasteiger partial charge in [-0.2, -0.15) is 5.10 Å². The quantitative estimate of drug-likeness (QED) is 0.593. The fourth-order valence-corrected chi connectivity index (χ4v) is 3.94. The van der Waals surface area contributed by atoms with Gasteiger partial charge < -0.3 is 15.2 Å². The summed E-state index contributed by atoms with van der Waals surface area (Å²) in [5.41, 5.74) is 3.43. The minimum absolute atomic E-state index is 0.0574. The molecule has 0 radical (unpaired) electrons. The van der Waals surface area contributed by atoms with Gasteiger partial charge in [0.15, 0.2) is 5.15 Å². The normalized spacial score (nSPS) is 15.0. The Hall–Kier alpha value is -2.91. The Morgan fingerprint density at radius 1 is 1.27 bits per heavy atom. The molecule has 1 aliphatic heterocycles. The Bertz CT molecular complexity index is 1130. The number of amides is 1. The monoisotopic (exact) mass is 429 g/mol. The van der Waals surface area contributed by atoms with Crippen LogP contribution < -0.4 is 15.8 Å².